The van der Waals surface area contributed by atoms with Crippen LogP contribution in [0.15, 0.2) is 35.6 Å². The summed E-state index contributed by atoms with van der Waals surface area (Å²) in [5.74, 6) is 0.340. The Morgan fingerprint density at radius 3 is 2.92 bits per heavy atom. The van der Waals surface area contributed by atoms with Crippen LogP contribution in [-0.4, -0.2) is 52.5 Å². The molecule has 37 heavy (non-hydrogen) atoms. The van der Waals surface area contributed by atoms with E-state index >= 15 is 0 Å². The van der Waals surface area contributed by atoms with Gasteiger partial charge < -0.3 is 24.9 Å². The quantitative estimate of drug-likeness (QED) is 0.592. The number of hydrogen-bond donors (Lipinski definition) is 2. The highest BCUT2D eigenvalue weighted by Gasteiger charge is 2.54. The van der Waals surface area contributed by atoms with Crippen LogP contribution < -0.4 is 10.1 Å². The van der Waals surface area contributed by atoms with E-state index in [0.717, 1.165) is 50.8 Å². The Hall–Kier alpha value is -3.64. The lowest BCUT2D eigenvalue weighted by molar-refractivity contribution is -0.144. The van der Waals surface area contributed by atoms with Crippen LogP contribution in [0.5, 0.6) is 5.88 Å². The lowest BCUT2D eigenvalue weighted by Gasteiger charge is -2.27. The van der Waals surface area contributed by atoms with Crippen molar-refractivity contribution in [1.29, 1.82) is 5.26 Å². The number of carboxylic acids is 1. The van der Waals surface area contributed by atoms with Crippen molar-refractivity contribution in [2.75, 3.05) is 19.6 Å². The third kappa shape index (κ3) is 4.09. The molecule has 3 heterocycles. The van der Waals surface area contributed by atoms with Crippen molar-refractivity contribution in [3.05, 3.63) is 58.3 Å². The molecule has 4 aliphatic rings. The fourth-order valence-electron chi connectivity index (χ4n) is 6.17. The number of nitrogens with one attached hydrogen (secondary N) is 1. The summed E-state index contributed by atoms with van der Waals surface area (Å²) in [6.45, 7) is 6.29. The first-order valence-electron chi connectivity index (χ1n) is 13.0. The molecule has 2 fully saturated rings. The molecule has 2 aliphatic carbocycles. The Morgan fingerprint density at radius 1 is 1.35 bits per heavy atom. The third-order valence-electron chi connectivity index (χ3n) is 8.28. The number of pyridine rings is 1. The van der Waals surface area contributed by atoms with Crippen LogP contribution in [0.4, 0.5) is 0 Å². The van der Waals surface area contributed by atoms with E-state index in [9.17, 15) is 15.2 Å². The summed E-state index contributed by atoms with van der Waals surface area (Å²) in [6.07, 6.45) is 5.67. The van der Waals surface area contributed by atoms with Crippen LogP contribution in [0.3, 0.4) is 0 Å². The Bertz CT molecular complexity index is 1330. The molecular formula is C28H31N5O4. The number of carbonyl (C=O) groups is 1. The summed E-state index contributed by atoms with van der Waals surface area (Å²) in [4.78, 5) is 24.1. The maximum Gasteiger partial charge on any atom is 0.310 e. The Labute approximate surface area is 216 Å². The Kier molecular flexibility index (Phi) is 5.60. The predicted molar refractivity (Wildman–Crippen MR) is 135 cm³/mol. The van der Waals surface area contributed by atoms with Gasteiger partial charge in [-0.05, 0) is 69.7 Å². The molecule has 0 radical (unpaired) electrons. The molecule has 2 atom stereocenters. The van der Waals surface area contributed by atoms with Crippen molar-refractivity contribution >= 4 is 11.8 Å². The number of hydrogen-bond acceptors (Lipinski definition) is 8. The number of nitrogens with zero attached hydrogens (tertiary/aromatic N) is 4. The van der Waals surface area contributed by atoms with Gasteiger partial charge in [-0.1, -0.05) is 23.4 Å². The number of nitriles is 1. The molecule has 2 unspecified atom stereocenters. The van der Waals surface area contributed by atoms with Gasteiger partial charge in [0.25, 0.3) is 0 Å². The number of amidine groups is 1. The molecule has 192 valence electrons. The first-order valence-corrected chi connectivity index (χ1v) is 13.0. The summed E-state index contributed by atoms with van der Waals surface area (Å²) in [5, 5.41) is 26.9. The van der Waals surface area contributed by atoms with Gasteiger partial charge in [0.15, 0.2) is 5.84 Å². The summed E-state index contributed by atoms with van der Waals surface area (Å²) in [7, 11) is 0. The van der Waals surface area contributed by atoms with E-state index in [4.69, 9.17) is 9.57 Å². The van der Waals surface area contributed by atoms with E-state index in [1.165, 1.54) is 11.1 Å². The van der Waals surface area contributed by atoms with Crippen LogP contribution in [0.25, 0.3) is 0 Å². The molecule has 6 rings (SSSR count). The van der Waals surface area contributed by atoms with Crippen LogP contribution in [-0.2, 0) is 21.5 Å². The van der Waals surface area contributed by atoms with Crippen molar-refractivity contribution < 1.29 is 19.5 Å². The predicted octanol–water partition coefficient (Wildman–Crippen LogP) is 3.48. The topological polar surface area (TPSA) is 120 Å². The fraction of sp³-hybridized carbons (Fsp3) is 0.500. The van der Waals surface area contributed by atoms with Crippen molar-refractivity contribution in [3.8, 4) is 11.9 Å². The van der Waals surface area contributed by atoms with Gasteiger partial charge in [0, 0.05) is 35.8 Å². The molecule has 1 aromatic heterocycles. The Morgan fingerprint density at radius 2 is 2.19 bits per heavy atom. The lowest BCUT2D eigenvalue weighted by atomic mass is 9.80. The maximum atomic E-state index is 11.7. The standard InChI is InChI=1S/C28H31N5O4/c1-17(2)36-24-18(13-29)12-19(14-30-24)25-31-23(32-37-25)21-4-3-5-22-20(21)6-7-27(22)10-11-33(15-27)16-28(8-9-28)26(34)35/h3-5,12,14,17,25H,6-11,15-16H2,1-2H3,(H,31,32)(H,34,35). The van der Waals surface area contributed by atoms with Crippen LogP contribution in [0.2, 0.25) is 0 Å². The molecular weight excluding hydrogens is 470 g/mol. The second-order valence-electron chi connectivity index (χ2n) is 11.1. The van der Waals surface area contributed by atoms with Crippen molar-refractivity contribution in [3.63, 3.8) is 0 Å². The molecule has 1 spiro atoms. The minimum absolute atomic E-state index is 0.0667. The summed E-state index contributed by atoms with van der Waals surface area (Å²) < 4.78 is 5.63. The number of ether oxygens (including phenoxy) is 1. The zero-order valence-corrected chi connectivity index (χ0v) is 21.2. The largest absolute Gasteiger partial charge is 0.481 e. The zero-order valence-electron chi connectivity index (χ0n) is 21.2. The first kappa shape index (κ1) is 23.7. The highest BCUT2D eigenvalue weighted by atomic mass is 16.7. The minimum Gasteiger partial charge on any atom is -0.481 e. The van der Waals surface area contributed by atoms with Gasteiger partial charge in [-0.25, -0.2) is 4.98 Å². The lowest BCUT2D eigenvalue weighted by Crippen LogP contribution is -2.35. The maximum absolute atomic E-state index is 11.7. The molecule has 0 bridgehead atoms. The van der Waals surface area contributed by atoms with Crippen LogP contribution >= 0.6 is 0 Å². The van der Waals surface area contributed by atoms with E-state index in [0.29, 0.717) is 29.4 Å². The number of oxime groups is 1. The third-order valence-corrected chi connectivity index (χ3v) is 8.28. The molecule has 2 aliphatic heterocycles. The van der Waals surface area contributed by atoms with E-state index < -0.39 is 17.6 Å². The average Bonchev–Trinajstić information content (AvgIpc) is 3.21. The van der Waals surface area contributed by atoms with Gasteiger partial charge in [0.2, 0.25) is 12.1 Å². The van der Waals surface area contributed by atoms with Gasteiger partial charge in [-0.15, -0.1) is 0 Å². The fourth-order valence-corrected chi connectivity index (χ4v) is 6.17. The SMILES string of the molecule is CC(C)Oc1ncc(C2NC(c3cccc4c3CCC43CCN(CC4(C(=O)O)CC4)C3)=NO2)cc1C#N. The van der Waals surface area contributed by atoms with Crippen LogP contribution in [0.1, 0.15) is 73.6 Å². The number of fused-ring (bicyclic) bond motifs is 2. The monoisotopic (exact) mass is 501 g/mol. The summed E-state index contributed by atoms with van der Waals surface area (Å²) in [6, 6.07) is 10.3. The van der Waals surface area contributed by atoms with Gasteiger partial charge in [0.05, 0.1) is 11.5 Å². The second-order valence-corrected chi connectivity index (χ2v) is 11.1. The summed E-state index contributed by atoms with van der Waals surface area (Å²) in [5.41, 5.74) is 4.27. The molecule has 2 N–H and O–H groups in total. The van der Waals surface area contributed by atoms with Crippen molar-refractivity contribution in [2.45, 2.75) is 63.7 Å². The molecule has 1 saturated carbocycles. The number of likely N-dealkylation sites (tertiary alicyclic amines) is 1. The van der Waals surface area contributed by atoms with Crippen LogP contribution in [0, 0.1) is 16.7 Å². The number of carboxylic acid groups (broad SMARTS) is 1. The van der Waals surface area contributed by atoms with Gasteiger partial charge in [-0.2, -0.15) is 5.26 Å². The van der Waals surface area contributed by atoms with Crippen molar-refractivity contribution in [2.24, 2.45) is 10.6 Å². The van der Waals surface area contributed by atoms with Crippen molar-refractivity contribution in [1.82, 2.24) is 15.2 Å². The molecule has 1 saturated heterocycles. The highest BCUT2D eigenvalue weighted by molar-refractivity contribution is 6.01. The van der Waals surface area contributed by atoms with E-state index in [-0.39, 0.29) is 11.5 Å². The average molecular weight is 502 g/mol. The molecule has 9 heteroatoms. The zero-order chi connectivity index (χ0) is 25.8. The second kappa shape index (κ2) is 8.73. The number of aromatic nitrogens is 1. The smallest absolute Gasteiger partial charge is 0.310 e. The Balaban J connectivity index is 1.19. The minimum atomic E-state index is -0.651. The first-order chi connectivity index (χ1) is 17.8. The van der Waals surface area contributed by atoms with Gasteiger partial charge in [0.1, 0.15) is 11.6 Å². The molecule has 2 aromatic rings. The molecule has 9 nitrogen and oxygen atoms in total. The number of rotatable bonds is 7. The number of benzene rings is 1. The van der Waals surface area contributed by atoms with Gasteiger partial charge >= 0.3 is 5.97 Å². The van der Waals surface area contributed by atoms with E-state index in [1.807, 2.05) is 13.8 Å². The molecule has 0 amide bonds. The van der Waals surface area contributed by atoms with Gasteiger partial charge in [-0.3, -0.25) is 4.79 Å². The van der Waals surface area contributed by atoms with E-state index in [2.05, 4.69) is 44.6 Å². The molecule has 1 aromatic carbocycles. The summed E-state index contributed by atoms with van der Waals surface area (Å²) >= 11 is 0. The van der Waals surface area contributed by atoms with E-state index in [1.54, 1.807) is 12.3 Å². The normalized spacial score (nSPS) is 25.4. The highest BCUT2D eigenvalue weighted by Crippen LogP contribution is 2.51. The number of aliphatic carboxylic acids is 1.